The lowest BCUT2D eigenvalue weighted by Crippen LogP contribution is -2.51. The van der Waals surface area contributed by atoms with E-state index in [1.165, 1.54) is 0 Å². The van der Waals surface area contributed by atoms with Crippen LogP contribution in [0.1, 0.15) is 57.5 Å². The SMILES string of the molecule is N#Cc1ccc(C(=O)N(Cc2cccc(NC(=O)c3cc(F)cc(F)c3)c2)C2CCCCC2N)cc1. The van der Waals surface area contributed by atoms with Crippen LogP contribution >= 0.6 is 0 Å². The molecule has 6 nitrogen and oxygen atoms in total. The van der Waals surface area contributed by atoms with Crippen LogP contribution in [0.25, 0.3) is 0 Å². The van der Waals surface area contributed by atoms with E-state index in [0.717, 1.165) is 43.4 Å². The summed E-state index contributed by atoms with van der Waals surface area (Å²) in [5.74, 6) is -2.51. The molecule has 3 N–H and O–H groups in total. The number of nitrogens with one attached hydrogen (secondary N) is 1. The molecule has 36 heavy (non-hydrogen) atoms. The third kappa shape index (κ3) is 5.93. The molecule has 0 bridgehead atoms. The molecule has 0 aromatic heterocycles. The molecule has 1 aliphatic carbocycles. The maximum Gasteiger partial charge on any atom is 0.255 e. The smallest absolute Gasteiger partial charge is 0.255 e. The van der Waals surface area contributed by atoms with Gasteiger partial charge in [-0.3, -0.25) is 9.59 Å². The molecule has 3 aromatic rings. The lowest BCUT2D eigenvalue weighted by molar-refractivity contribution is 0.0583. The number of anilines is 1. The quantitative estimate of drug-likeness (QED) is 0.510. The van der Waals surface area contributed by atoms with Crippen molar-refractivity contribution < 1.29 is 18.4 Å². The third-order valence-corrected chi connectivity index (χ3v) is 6.37. The third-order valence-electron chi connectivity index (χ3n) is 6.37. The van der Waals surface area contributed by atoms with Crippen molar-refractivity contribution in [2.24, 2.45) is 5.73 Å². The van der Waals surface area contributed by atoms with Gasteiger partial charge in [-0.05, 0) is 66.9 Å². The molecule has 2 unspecified atom stereocenters. The van der Waals surface area contributed by atoms with E-state index in [-0.39, 0.29) is 30.1 Å². The number of carbonyl (C=O) groups is 2. The highest BCUT2D eigenvalue weighted by Gasteiger charge is 2.31. The summed E-state index contributed by atoms with van der Waals surface area (Å²) in [6.45, 7) is 0.259. The highest BCUT2D eigenvalue weighted by molar-refractivity contribution is 6.04. The van der Waals surface area contributed by atoms with Crippen LogP contribution in [0.4, 0.5) is 14.5 Å². The lowest BCUT2D eigenvalue weighted by Gasteiger charge is -2.38. The van der Waals surface area contributed by atoms with E-state index in [9.17, 15) is 18.4 Å². The van der Waals surface area contributed by atoms with Crippen LogP contribution < -0.4 is 11.1 Å². The maximum absolute atomic E-state index is 13.6. The normalized spacial score (nSPS) is 17.2. The van der Waals surface area contributed by atoms with E-state index in [1.807, 2.05) is 6.07 Å². The van der Waals surface area contributed by atoms with Crippen molar-refractivity contribution in [1.29, 1.82) is 5.26 Å². The molecule has 0 heterocycles. The number of rotatable bonds is 6. The summed E-state index contributed by atoms with van der Waals surface area (Å²) >= 11 is 0. The Labute approximate surface area is 208 Å². The number of carbonyl (C=O) groups excluding carboxylic acids is 2. The van der Waals surface area contributed by atoms with Gasteiger partial charge in [-0.1, -0.05) is 25.0 Å². The Balaban J connectivity index is 1.57. The molecule has 1 aliphatic rings. The molecule has 4 rings (SSSR count). The van der Waals surface area contributed by atoms with Crippen LogP contribution in [-0.4, -0.2) is 28.8 Å². The second-order valence-electron chi connectivity index (χ2n) is 8.95. The van der Waals surface area contributed by atoms with E-state index in [4.69, 9.17) is 11.0 Å². The topological polar surface area (TPSA) is 99.2 Å². The van der Waals surface area contributed by atoms with Gasteiger partial charge in [0, 0.05) is 41.5 Å². The summed E-state index contributed by atoms with van der Waals surface area (Å²) in [4.78, 5) is 27.8. The maximum atomic E-state index is 13.6. The van der Waals surface area contributed by atoms with E-state index in [0.29, 0.717) is 22.9 Å². The summed E-state index contributed by atoms with van der Waals surface area (Å²) < 4.78 is 27.0. The van der Waals surface area contributed by atoms with Gasteiger partial charge >= 0.3 is 0 Å². The first-order chi connectivity index (χ1) is 17.3. The molecular weight excluding hydrogens is 462 g/mol. The molecular formula is C28H26F2N4O2. The number of amides is 2. The number of benzene rings is 3. The Morgan fingerprint density at radius 1 is 0.972 bits per heavy atom. The summed E-state index contributed by atoms with van der Waals surface area (Å²) in [5, 5.41) is 11.7. The monoisotopic (exact) mass is 488 g/mol. The summed E-state index contributed by atoms with van der Waals surface area (Å²) in [6.07, 6.45) is 3.58. The second kappa shape index (κ2) is 11.1. The Morgan fingerprint density at radius 2 is 1.67 bits per heavy atom. The second-order valence-corrected chi connectivity index (χ2v) is 8.95. The summed E-state index contributed by atoms with van der Waals surface area (Å²) in [5.41, 5.74) is 8.41. The average Bonchev–Trinajstić information content (AvgIpc) is 2.87. The zero-order valence-electron chi connectivity index (χ0n) is 19.6. The number of nitrogens with zero attached hydrogens (tertiary/aromatic N) is 2. The number of hydrogen-bond donors (Lipinski definition) is 2. The molecule has 0 saturated heterocycles. The molecule has 1 saturated carbocycles. The van der Waals surface area contributed by atoms with Gasteiger partial charge in [0.25, 0.3) is 11.8 Å². The highest BCUT2D eigenvalue weighted by Crippen LogP contribution is 2.26. The van der Waals surface area contributed by atoms with Crippen molar-refractivity contribution in [2.75, 3.05) is 5.32 Å². The van der Waals surface area contributed by atoms with Gasteiger partial charge in [0.1, 0.15) is 11.6 Å². The Bertz CT molecular complexity index is 1280. The van der Waals surface area contributed by atoms with E-state index in [1.54, 1.807) is 47.4 Å². The molecule has 184 valence electrons. The molecule has 1 fully saturated rings. The van der Waals surface area contributed by atoms with Crippen LogP contribution in [0, 0.1) is 23.0 Å². The van der Waals surface area contributed by atoms with Gasteiger partial charge in [-0.25, -0.2) is 8.78 Å². The van der Waals surface area contributed by atoms with Crippen LogP contribution in [0.5, 0.6) is 0 Å². The largest absolute Gasteiger partial charge is 0.330 e. The molecule has 8 heteroatoms. The van der Waals surface area contributed by atoms with Crippen molar-refractivity contribution in [2.45, 2.75) is 44.3 Å². The zero-order valence-corrected chi connectivity index (χ0v) is 19.6. The minimum Gasteiger partial charge on any atom is -0.330 e. The predicted molar refractivity (Wildman–Crippen MR) is 132 cm³/mol. The molecule has 2 atom stereocenters. The first kappa shape index (κ1) is 25.0. The van der Waals surface area contributed by atoms with E-state index < -0.39 is 17.5 Å². The average molecular weight is 489 g/mol. The van der Waals surface area contributed by atoms with Gasteiger partial charge in [0.05, 0.1) is 11.6 Å². The molecule has 0 radical (unpaired) electrons. The fraction of sp³-hybridized carbons (Fsp3) is 0.250. The highest BCUT2D eigenvalue weighted by atomic mass is 19.1. The minimum absolute atomic E-state index is 0.135. The number of nitriles is 1. The van der Waals surface area contributed by atoms with Crippen LogP contribution in [0.15, 0.2) is 66.7 Å². The van der Waals surface area contributed by atoms with Crippen molar-refractivity contribution in [3.8, 4) is 6.07 Å². The predicted octanol–water partition coefficient (Wildman–Crippen LogP) is 5.00. The van der Waals surface area contributed by atoms with Crippen molar-refractivity contribution in [3.63, 3.8) is 0 Å². The first-order valence-electron chi connectivity index (χ1n) is 11.8. The Morgan fingerprint density at radius 3 is 2.33 bits per heavy atom. The van der Waals surface area contributed by atoms with Gasteiger partial charge < -0.3 is 16.0 Å². The van der Waals surface area contributed by atoms with Gasteiger partial charge in [-0.15, -0.1) is 0 Å². The minimum atomic E-state index is -0.838. The van der Waals surface area contributed by atoms with Crippen LogP contribution in [0.3, 0.4) is 0 Å². The zero-order chi connectivity index (χ0) is 25.7. The van der Waals surface area contributed by atoms with Crippen LogP contribution in [-0.2, 0) is 6.54 Å². The molecule has 2 amide bonds. The van der Waals surface area contributed by atoms with Crippen molar-refractivity contribution in [3.05, 3.63) is 101 Å². The van der Waals surface area contributed by atoms with Gasteiger partial charge in [0.2, 0.25) is 0 Å². The van der Waals surface area contributed by atoms with Crippen LogP contribution in [0.2, 0.25) is 0 Å². The molecule has 0 spiro atoms. The number of hydrogen-bond acceptors (Lipinski definition) is 4. The summed E-state index contributed by atoms with van der Waals surface area (Å²) in [6, 6.07) is 17.8. The number of nitrogens with two attached hydrogens (primary N) is 1. The van der Waals surface area contributed by atoms with Crippen molar-refractivity contribution >= 4 is 17.5 Å². The lowest BCUT2D eigenvalue weighted by atomic mass is 9.89. The fourth-order valence-electron chi connectivity index (χ4n) is 4.55. The fourth-order valence-corrected chi connectivity index (χ4v) is 4.55. The molecule has 0 aliphatic heterocycles. The number of halogens is 2. The van der Waals surface area contributed by atoms with E-state index >= 15 is 0 Å². The van der Waals surface area contributed by atoms with Gasteiger partial charge in [0.15, 0.2) is 0 Å². The van der Waals surface area contributed by atoms with E-state index in [2.05, 4.69) is 11.4 Å². The van der Waals surface area contributed by atoms with Gasteiger partial charge in [-0.2, -0.15) is 5.26 Å². The summed E-state index contributed by atoms with van der Waals surface area (Å²) in [7, 11) is 0. The first-order valence-corrected chi connectivity index (χ1v) is 11.8. The van der Waals surface area contributed by atoms with Crippen molar-refractivity contribution in [1.82, 2.24) is 4.90 Å². The Kier molecular flexibility index (Phi) is 7.71. The molecule has 3 aromatic carbocycles. The Hall–Kier alpha value is -4.09. The standard InChI is InChI=1S/C28H26F2N4O2/c29-22-13-21(14-23(30)15-22)27(35)33-24-5-3-4-19(12-24)17-34(26-7-2-1-6-25(26)32)28(36)20-10-8-18(16-31)9-11-20/h3-5,8-15,25-26H,1-2,6-7,17,32H2,(H,33,35).